The molecule has 3 nitrogen and oxygen atoms in total. The minimum atomic E-state index is 0.750. The number of halogens is 1. The number of hydrogen-bond acceptors (Lipinski definition) is 4. The summed E-state index contributed by atoms with van der Waals surface area (Å²) in [6.07, 6.45) is 3.47. The SMILES string of the molecule is Nc1ccc(Sc2ncccn2)c(I)c1. The van der Waals surface area contributed by atoms with E-state index >= 15 is 0 Å². The number of anilines is 1. The average Bonchev–Trinajstić information content (AvgIpc) is 2.24. The van der Waals surface area contributed by atoms with E-state index in [9.17, 15) is 0 Å². The highest BCUT2D eigenvalue weighted by Crippen LogP contribution is 2.29. The molecule has 1 aromatic heterocycles. The highest BCUT2D eigenvalue weighted by molar-refractivity contribution is 14.1. The first-order chi connectivity index (χ1) is 7.25. The van der Waals surface area contributed by atoms with Gasteiger partial charge in [0.15, 0.2) is 5.16 Å². The van der Waals surface area contributed by atoms with Gasteiger partial charge < -0.3 is 5.73 Å². The molecule has 0 aliphatic rings. The van der Waals surface area contributed by atoms with Gasteiger partial charge in [0.2, 0.25) is 0 Å². The molecule has 2 N–H and O–H groups in total. The lowest BCUT2D eigenvalue weighted by Crippen LogP contribution is -1.88. The molecule has 0 spiro atoms. The summed E-state index contributed by atoms with van der Waals surface area (Å²) in [7, 11) is 0. The summed E-state index contributed by atoms with van der Waals surface area (Å²) in [5, 5.41) is 0.750. The molecule has 0 atom stereocenters. The van der Waals surface area contributed by atoms with E-state index in [4.69, 9.17) is 5.73 Å². The van der Waals surface area contributed by atoms with Gasteiger partial charge in [-0.3, -0.25) is 0 Å². The normalized spacial score (nSPS) is 10.2. The Kier molecular flexibility index (Phi) is 3.42. The van der Waals surface area contributed by atoms with Crippen LogP contribution < -0.4 is 5.73 Å². The van der Waals surface area contributed by atoms with Crippen LogP contribution in [0.5, 0.6) is 0 Å². The van der Waals surface area contributed by atoms with E-state index in [1.165, 1.54) is 11.8 Å². The predicted molar refractivity (Wildman–Crippen MR) is 69.7 cm³/mol. The zero-order chi connectivity index (χ0) is 10.7. The number of hydrogen-bond donors (Lipinski definition) is 1. The Bertz CT molecular complexity index is 461. The largest absolute Gasteiger partial charge is 0.399 e. The Morgan fingerprint density at radius 1 is 1.20 bits per heavy atom. The first-order valence-electron chi connectivity index (χ1n) is 4.25. The van der Waals surface area contributed by atoms with Gasteiger partial charge in [-0.1, -0.05) is 0 Å². The zero-order valence-electron chi connectivity index (χ0n) is 7.72. The molecule has 1 heterocycles. The molecule has 1 aromatic carbocycles. The molecule has 5 heteroatoms. The van der Waals surface area contributed by atoms with Gasteiger partial charge in [0.25, 0.3) is 0 Å². The molecular weight excluding hydrogens is 321 g/mol. The summed E-state index contributed by atoms with van der Waals surface area (Å²) in [4.78, 5) is 9.43. The van der Waals surface area contributed by atoms with Crippen LogP contribution >= 0.6 is 34.4 Å². The second-order valence-electron chi connectivity index (χ2n) is 2.82. The van der Waals surface area contributed by atoms with Crippen LogP contribution in [0.2, 0.25) is 0 Å². The number of nitrogens with two attached hydrogens (primary N) is 1. The summed E-state index contributed by atoms with van der Waals surface area (Å²) < 4.78 is 1.12. The van der Waals surface area contributed by atoms with Crippen molar-refractivity contribution in [2.75, 3.05) is 5.73 Å². The van der Waals surface area contributed by atoms with Crippen molar-refractivity contribution in [3.8, 4) is 0 Å². The van der Waals surface area contributed by atoms with Crippen molar-refractivity contribution in [2.24, 2.45) is 0 Å². The molecule has 0 aliphatic carbocycles. The van der Waals surface area contributed by atoms with Crippen LogP contribution in [0.3, 0.4) is 0 Å². The zero-order valence-corrected chi connectivity index (χ0v) is 10.7. The first kappa shape index (κ1) is 10.7. The topological polar surface area (TPSA) is 51.8 Å². The van der Waals surface area contributed by atoms with Gasteiger partial charge in [-0.2, -0.15) is 0 Å². The number of rotatable bonds is 2. The van der Waals surface area contributed by atoms with Crippen molar-refractivity contribution < 1.29 is 0 Å². The van der Waals surface area contributed by atoms with Crippen molar-refractivity contribution in [1.29, 1.82) is 0 Å². The Balaban J connectivity index is 2.25. The van der Waals surface area contributed by atoms with Crippen LogP contribution in [0.4, 0.5) is 5.69 Å². The van der Waals surface area contributed by atoms with Gasteiger partial charge in [-0.05, 0) is 58.6 Å². The molecule has 0 amide bonds. The molecule has 15 heavy (non-hydrogen) atoms. The lowest BCUT2D eigenvalue weighted by molar-refractivity contribution is 0.966. The Labute approximate surface area is 106 Å². The molecule has 0 saturated carbocycles. The predicted octanol–water partition coefficient (Wildman–Crippen LogP) is 2.81. The van der Waals surface area contributed by atoms with E-state index in [2.05, 4.69) is 32.6 Å². The molecule has 76 valence electrons. The van der Waals surface area contributed by atoms with Crippen molar-refractivity contribution >= 4 is 40.0 Å². The summed E-state index contributed by atoms with van der Waals surface area (Å²) in [5.41, 5.74) is 6.45. The number of aromatic nitrogens is 2. The number of benzene rings is 1. The molecule has 0 fully saturated rings. The van der Waals surface area contributed by atoms with Gasteiger partial charge in [0.05, 0.1) is 0 Å². The number of nitrogen functional groups attached to an aromatic ring is 1. The van der Waals surface area contributed by atoms with E-state index in [0.717, 1.165) is 19.3 Å². The quantitative estimate of drug-likeness (QED) is 0.523. The van der Waals surface area contributed by atoms with Gasteiger partial charge in [-0.25, -0.2) is 9.97 Å². The minimum absolute atomic E-state index is 0.750. The molecule has 2 aromatic rings. The third kappa shape index (κ3) is 2.82. The third-order valence-electron chi connectivity index (χ3n) is 1.70. The second kappa shape index (κ2) is 4.80. The maximum atomic E-state index is 5.68. The molecule has 0 radical (unpaired) electrons. The summed E-state index contributed by atoms with van der Waals surface area (Å²) in [6, 6.07) is 7.61. The fourth-order valence-electron chi connectivity index (χ4n) is 1.04. The van der Waals surface area contributed by atoms with Crippen LogP contribution in [-0.4, -0.2) is 9.97 Å². The third-order valence-corrected chi connectivity index (χ3v) is 3.93. The lowest BCUT2D eigenvalue weighted by atomic mass is 10.3. The van der Waals surface area contributed by atoms with Crippen LogP contribution in [0, 0.1) is 3.57 Å². The molecular formula is C10H8IN3S. The van der Waals surface area contributed by atoms with Gasteiger partial charge in [0, 0.05) is 26.5 Å². The van der Waals surface area contributed by atoms with Crippen molar-refractivity contribution in [3.63, 3.8) is 0 Å². The van der Waals surface area contributed by atoms with Crippen LogP contribution in [0.15, 0.2) is 46.7 Å². The summed E-state index contributed by atoms with van der Waals surface area (Å²) >= 11 is 3.79. The summed E-state index contributed by atoms with van der Waals surface area (Å²) in [6.45, 7) is 0. The van der Waals surface area contributed by atoms with Crippen LogP contribution in [-0.2, 0) is 0 Å². The van der Waals surface area contributed by atoms with E-state index in [-0.39, 0.29) is 0 Å². The highest BCUT2D eigenvalue weighted by atomic mass is 127. The minimum Gasteiger partial charge on any atom is -0.399 e. The Hall–Kier alpha value is -0.820. The maximum Gasteiger partial charge on any atom is 0.192 e. The van der Waals surface area contributed by atoms with E-state index < -0.39 is 0 Å². The molecule has 0 unspecified atom stereocenters. The van der Waals surface area contributed by atoms with Crippen molar-refractivity contribution in [2.45, 2.75) is 10.1 Å². The van der Waals surface area contributed by atoms with E-state index in [1.54, 1.807) is 18.5 Å². The van der Waals surface area contributed by atoms with E-state index in [1.807, 2.05) is 18.2 Å². The lowest BCUT2D eigenvalue weighted by Gasteiger charge is -2.03. The molecule has 0 bridgehead atoms. The summed E-state index contributed by atoms with van der Waals surface area (Å²) in [5.74, 6) is 0. The van der Waals surface area contributed by atoms with Crippen molar-refractivity contribution in [1.82, 2.24) is 9.97 Å². The second-order valence-corrected chi connectivity index (χ2v) is 4.99. The van der Waals surface area contributed by atoms with Gasteiger partial charge in [0.1, 0.15) is 0 Å². The first-order valence-corrected chi connectivity index (χ1v) is 6.15. The van der Waals surface area contributed by atoms with Crippen LogP contribution in [0.25, 0.3) is 0 Å². The molecule has 0 saturated heterocycles. The van der Waals surface area contributed by atoms with Crippen molar-refractivity contribution in [3.05, 3.63) is 40.2 Å². The average molecular weight is 329 g/mol. The maximum absolute atomic E-state index is 5.68. The molecule has 2 rings (SSSR count). The standard InChI is InChI=1S/C10H8IN3S/c11-8-6-7(12)2-3-9(8)15-10-13-4-1-5-14-10/h1-6H,12H2. The Morgan fingerprint density at radius 3 is 2.60 bits per heavy atom. The van der Waals surface area contributed by atoms with E-state index in [0.29, 0.717) is 0 Å². The fourth-order valence-corrected chi connectivity index (χ4v) is 2.62. The van der Waals surface area contributed by atoms with Gasteiger partial charge >= 0.3 is 0 Å². The van der Waals surface area contributed by atoms with Crippen LogP contribution in [0.1, 0.15) is 0 Å². The highest BCUT2D eigenvalue weighted by Gasteiger charge is 2.03. The van der Waals surface area contributed by atoms with Gasteiger partial charge in [-0.15, -0.1) is 0 Å². The Morgan fingerprint density at radius 2 is 1.93 bits per heavy atom. The monoisotopic (exact) mass is 329 g/mol. The number of nitrogens with zero attached hydrogens (tertiary/aromatic N) is 2. The smallest absolute Gasteiger partial charge is 0.192 e. The molecule has 0 aliphatic heterocycles. The fraction of sp³-hybridized carbons (Fsp3) is 0.